The van der Waals surface area contributed by atoms with Crippen LogP contribution in [0.5, 0.6) is 5.75 Å². The molecule has 0 unspecified atom stereocenters. The molecule has 8 heteroatoms. The zero-order chi connectivity index (χ0) is 15.5. The highest BCUT2D eigenvalue weighted by molar-refractivity contribution is 7.89. The predicted molar refractivity (Wildman–Crippen MR) is 79.6 cm³/mol. The van der Waals surface area contributed by atoms with Crippen LogP contribution in [0.15, 0.2) is 35.5 Å². The number of ether oxygens (including phenoxy) is 1. The summed E-state index contributed by atoms with van der Waals surface area (Å²) in [4.78, 5) is 0.109. The smallest absolute Gasteiger partial charge is 0.240 e. The third-order valence-corrected chi connectivity index (χ3v) is 4.37. The first-order valence-corrected chi connectivity index (χ1v) is 7.83. The Hall–Kier alpha value is -2.06. The van der Waals surface area contributed by atoms with Gasteiger partial charge >= 0.3 is 0 Å². The molecule has 1 aromatic heterocycles. The standard InChI is InChI=1S/C13H18N4O3S/c1-10-8-15-17(9-10)6-5-16-21(18,19)11-3-4-13(20-2)12(14)7-11/h3-4,7-9,16H,5-6,14H2,1-2H3. The molecule has 0 aliphatic carbocycles. The van der Waals surface area contributed by atoms with E-state index in [2.05, 4.69) is 9.82 Å². The van der Waals surface area contributed by atoms with Gasteiger partial charge in [-0.3, -0.25) is 4.68 Å². The van der Waals surface area contributed by atoms with Gasteiger partial charge in [0, 0.05) is 12.7 Å². The molecular formula is C13H18N4O3S. The van der Waals surface area contributed by atoms with E-state index in [4.69, 9.17) is 10.5 Å². The molecule has 0 fully saturated rings. The minimum Gasteiger partial charge on any atom is -0.495 e. The number of methoxy groups -OCH3 is 1. The number of hydrogen-bond acceptors (Lipinski definition) is 5. The highest BCUT2D eigenvalue weighted by Gasteiger charge is 2.15. The van der Waals surface area contributed by atoms with Crippen molar-refractivity contribution in [2.24, 2.45) is 0 Å². The Bertz CT molecular complexity index is 725. The molecule has 0 radical (unpaired) electrons. The SMILES string of the molecule is COc1ccc(S(=O)(=O)NCCn2cc(C)cn2)cc1N. The average molecular weight is 310 g/mol. The lowest BCUT2D eigenvalue weighted by Crippen LogP contribution is -2.27. The van der Waals surface area contributed by atoms with Gasteiger partial charge in [-0.05, 0) is 30.7 Å². The van der Waals surface area contributed by atoms with E-state index in [1.165, 1.54) is 25.3 Å². The highest BCUT2D eigenvalue weighted by atomic mass is 32.2. The maximum atomic E-state index is 12.1. The predicted octanol–water partition coefficient (Wildman–Crippen LogP) is 0.761. The molecule has 1 aromatic carbocycles. The third kappa shape index (κ3) is 3.73. The number of aryl methyl sites for hydroxylation is 1. The van der Waals surface area contributed by atoms with Crippen molar-refractivity contribution in [3.8, 4) is 5.75 Å². The number of nitrogens with one attached hydrogen (secondary N) is 1. The minimum absolute atomic E-state index is 0.109. The lowest BCUT2D eigenvalue weighted by Gasteiger charge is -2.09. The van der Waals surface area contributed by atoms with Gasteiger partial charge in [-0.25, -0.2) is 13.1 Å². The monoisotopic (exact) mass is 310 g/mol. The second-order valence-corrected chi connectivity index (χ2v) is 6.35. The van der Waals surface area contributed by atoms with Crippen LogP contribution in [0.1, 0.15) is 5.56 Å². The Labute approximate surface area is 123 Å². The van der Waals surface area contributed by atoms with Crippen molar-refractivity contribution in [3.05, 3.63) is 36.2 Å². The average Bonchev–Trinajstić information content (AvgIpc) is 2.84. The minimum atomic E-state index is -3.60. The van der Waals surface area contributed by atoms with Crippen molar-refractivity contribution in [2.75, 3.05) is 19.4 Å². The van der Waals surface area contributed by atoms with Gasteiger partial charge in [0.2, 0.25) is 10.0 Å². The Morgan fingerprint density at radius 1 is 1.43 bits per heavy atom. The zero-order valence-electron chi connectivity index (χ0n) is 11.9. The molecule has 0 bridgehead atoms. The molecule has 2 rings (SSSR count). The van der Waals surface area contributed by atoms with Crippen LogP contribution < -0.4 is 15.2 Å². The van der Waals surface area contributed by atoms with E-state index < -0.39 is 10.0 Å². The molecule has 0 aliphatic rings. The highest BCUT2D eigenvalue weighted by Crippen LogP contribution is 2.24. The van der Waals surface area contributed by atoms with E-state index in [1.54, 1.807) is 10.9 Å². The fraction of sp³-hybridized carbons (Fsp3) is 0.308. The van der Waals surface area contributed by atoms with Gasteiger partial charge in [0.25, 0.3) is 0 Å². The Morgan fingerprint density at radius 3 is 2.76 bits per heavy atom. The lowest BCUT2D eigenvalue weighted by atomic mass is 10.3. The van der Waals surface area contributed by atoms with Gasteiger partial charge in [0.05, 0.1) is 30.4 Å². The van der Waals surface area contributed by atoms with Crippen molar-refractivity contribution in [3.63, 3.8) is 0 Å². The zero-order valence-corrected chi connectivity index (χ0v) is 12.7. The summed E-state index contributed by atoms with van der Waals surface area (Å²) in [7, 11) is -2.12. The number of nitrogens with two attached hydrogens (primary N) is 1. The van der Waals surface area contributed by atoms with Crippen molar-refractivity contribution in [1.29, 1.82) is 0 Å². The second kappa shape index (κ2) is 6.15. The number of anilines is 1. The molecule has 2 aromatic rings. The number of nitrogen functional groups attached to an aromatic ring is 1. The summed E-state index contributed by atoms with van der Waals surface area (Å²) in [6.45, 7) is 2.63. The number of hydrogen-bond donors (Lipinski definition) is 2. The Balaban J connectivity index is 2.02. The van der Waals surface area contributed by atoms with Crippen LogP contribution in [0.3, 0.4) is 0 Å². The molecule has 21 heavy (non-hydrogen) atoms. The molecule has 1 heterocycles. The van der Waals surface area contributed by atoms with Gasteiger partial charge in [-0.1, -0.05) is 0 Å². The van der Waals surface area contributed by atoms with Crippen molar-refractivity contribution < 1.29 is 13.2 Å². The number of benzene rings is 1. The second-order valence-electron chi connectivity index (χ2n) is 4.58. The number of aromatic nitrogens is 2. The first kappa shape index (κ1) is 15.3. The number of nitrogens with zero attached hydrogens (tertiary/aromatic N) is 2. The molecule has 0 amide bonds. The molecule has 114 valence electrons. The van der Waals surface area contributed by atoms with Crippen molar-refractivity contribution in [2.45, 2.75) is 18.4 Å². The van der Waals surface area contributed by atoms with Crippen molar-refractivity contribution in [1.82, 2.24) is 14.5 Å². The Morgan fingerprint density at radius 2 is 2.19 bits per heavy atom. The first-order valence-electron chi connectivity index (χ1n) is 6.34. The maximum Gasteiger partial charge on any atom is 0.240 e. The summed E-state index contributed by atoms with van der Waals surface area (Å²) >= 11 is 0. The van der Waals surface area contributed by atoms with Crippen LogP contribution in [0, 0.1) is 6.92 Å². The van der Waals surface area contributed by atoms with Gasteiger partial charge < -0.3 is 10.5 Å². The molecule has 0 aliphatic heterocycles. The summed E-state index contributed by atoms with van der Waals surface area (Å²) < 4.78 is 33.5. The largest absolute Gasteiger partial charge is 0.495 e. The van der Waals surface area contributed by atoms with Gasteiger partial charge in [-0.2, -0.15) is 5.10 Å². The summed E-state index contributed by atoms with van der Waals surface area (Å²) in [6.07, 6.45) is 3.57. The molecular weight excluding hydrogens is 292 g/mol. The number of sulfonamides is 1. The van der Waals surface area contributed by atoms with E-state index in [-0.39, 0.29) is 17.1 Å². The van der Waals surface area contributed by atoms with E-state index in [9.17, 15) is 8.42 Å². The molecule has 3 N–H and O–H groups in total. The summed E-state index contributed by atoms with van der Waals surface area (Å²) in [6, 6.07) is 4.36. The number of rotatable bonds is 6. The van der Waals surface area contributed by atoms with Crippen LogP contribution in [0.25, 0.3) is 0 Å². The van der Waals surface area contributed by atoms with Gasteiger partial charge in [0.1, 0.15) is 5.75 Å². The quantitative estimate of drug-likeness (QED) is 0.767. The summed E-state index contributed by atoms with van der Waals surface area (Å²) in [5.41, 5.74) is 7.03. The van der Waals surface area contributed by atoms with Crippen LogP contribution >= 0.6 is 0 Å². The van der Waals surface area contributed by atoms with Crippen molar-refractivity contribution >= 4 is 15.7 Å². The van der Waals surface area contributed by atoms with E-state index >= 15 is 0 Å². The van der Waals surface area contributed by atoms with Gasteiger partial charge in [-0.15, -0.1) is 0 Å². The topological polar surface area (TPSA) is 99.2 Å². The maximum absolute atomic E-state index is 12.1. The van der Waals surface area contributed by atoms with Crippen LogP contribution in [0.2, 0.25) is 0 Å². The first-order chi connectivity index (χ1) is 9.92. The van der Waals surface area contributed by atoms with Crippen LogP contribution in [-0.2, 0) is 16.6 Å². The molecule has 0 saturated carbocycles. The third-order valence-electron chi connectivity index (χ3n) is 2.91. The Kier molecular flexibility index (Phi) is 4.49. The summed E-state index contributed by atoms with van der Waals surface area (Å²) in [5.74, 6) is 0.445. The van der Waals surface area contributed by atoms with Crippen LogP contribution in [0.4, 0.5) is 5.69 Å². The van der Waals surface area contributed by atoms with E-state index in [1.807, 2.05) is 13.1 Å². The normalized spacial score (nSPS) is 11.5. The summed E-state index contributed by atoms with van der Waals surface area (Å²) in [5, 5.41) is 4.09. The molecule has 0 spiro atoms. The van der Waals surface area contributed by atoms with E-state index in [0.717, 1.165) is 5.56 Å². The molecule has 0 saturated heterocycles. The molecule has 0 atom stereocenters. The fourth-order valence-corrected chi connectivity index (χ4v) is 2.90. The van der Waals surface area contributed by atoms with Gasteiger partial charge in [0.15, 0.2) is 0 Å². The van der Waals surface area contributed by atoms with E-state index in [0.29, 0.717) is 12.3 Å². The lowest BCUT2D eigenvalue weighted by molar-refractivity contribution is 0.416. The fourth-order valence-electron chi connectivity index (χ4n) is 1.85. The van der Waals surface area contributed by atoms with Crippen LogP contribution in [-0.4, -0.2) is 31.9 Å². The molecule has 7 nitrogen and oxygen atoms in total.